The van der Waals surface area contributed by atoms with Crippen molar-refractivity contribution in [3.05, 3.63) is 47.6 Å². The van der Waals surface area contributed by atoms with Crippen LogP contribution in [-0.2, 0) is 9.59 Å². The van der Waals surface area contributed by atoms with Crippen LogP contribution in [0.25, 0.3) is 0 Å². The Bertz CT molecular complexity index is 865. The SMILES string of the molecule is Cc1nccc(C(C)NC(=O)C(F)(F)C(F)(F)C(=O)NC(C)c2ccnc(C)n2)n1. The van der Waals surface area contributed by atoms with Gasteiger partial charge in [0.2, 0.25) is 0 Å². The lowest BCUT2D eigenvalue weighted by Crippen LogP contribution is -2.59. The van der Waals surface area contributed by atoms with Gasteiger partial charge in [-0.25, -0.2) is 19.9 Å². The van der Waals surface area contributed by atoms with E-state index in [0.717, 1.165) is 0 Å². The van der Waals surface area contributed by atoms with Gasteiger partial charge < -0.3 is 10.6 Å². The normalized spacial score (nSPS) is 14.0. The fourth-order valence-electron chi connectivity index (χ4n) is 2.44. The summed E-state index contributed by atoms with van der Waals surface area (Å²) in [7, 11) is 0. The van der Waals surface area contributed by atoms with Crippen LogP contribution in [0.5, 0.6) is 0 Å². The maximum Gasteiger partial charge on any atom is 0.395 e. The number of nitrogens with zero attached hydrogens (tertiary/aromatic N) is 4. The van der Waals surface area contributed by atoms with Crippen LogP contribution in [-0.4, -0.2) is 43.6 Å². The topological polar surface area (TPSA) is 110 Å². The molecule has 30 heavy (non-hydrogen) atoms. The van der Waals surface area contributed by atoms with Gasteiger partial charge in [0.1, 0.15) is 11.6 Å². The van der Waals surface area contributed by atoms with E-state index in [0.29, 0.717) is 11.6 Å². The molecule has 2 rings (SSSR count). The summed E-state index contributed by atoms with van der Waals surface area (Å²) in [5.74, 6) is -14.6. The molecule has 162 valence electrons. The van der Waals surface area contributed by atoms with Crippen LogP contribution in [0.15, 0.2) is 24.5 Å². The lowest BCUT2D eigenvalue weighted by molar-refractivity contribution is -0.212. The number of amides is 2. The van der Waals surface area contributed by atoms with Gasteiger partial charge >= 0.3 is 11.8 Å². The van der Waals surface area contributed by atoms with Crippen molar-refractivity contribution in [2.75, 3.05) is 0 Å². The number of carbonyl (C=O) groups excluding carboxylic acids is 2. The van der Waals surface area contributed by atoms with E-state index in [9.17, 15) is 27.2 Å². The van der Waals surface area contributed by atoms with Crippen molar-refractivity contribution in [1.29, 1.82) is 0 Å². The zero-order valence-corrected chi connectivity index (χ0v) is 16.6. The standard InChI is InChI=1S/C18H20F4N6O2/c1-9(13-5-7-23-11(3)27-13)25-15(29)17(19,20)18(21,22)16(30)26-10(2)14-6-8-24-12(4)28-14/h5-10H,1-4H3,(H,25,29)(H,26,30). The Balaban J connectivity index is 2.13. The fraction of sp³-hybridized carbons (Fsp3) is 0.444. The summed E-state index contributed by atoms with van der Waals surface area (Å²) in [6, 6.07) is 0.442. The largest absolute Gasteiger partial charge is 0.395 e. The highest BCUT2D eigenvalue weighted by atomic mass is 19.3. The van der Waals surface area contributed by atoms with E-state index in [2.05, 4.69) is 19.9 Å². The second-order valence-electron chi connectivity index (χ2n) is 6.60. The number of nitrogens with one attached hydrogen (secondary N) is 2. The Morgan fingerprint density at radius 2 is 1.13 bits per heavy atom. The highest BCUT2D eigenvalue weighted by Crippen LogP contribution is 2.35. The van der Waals surface area contributed by atoms with Crippen LogP contribution in [0.4, 0.5) is 17.6 Å². The van der Waals surface area contributed by atoms with Crippen molar-refractivity contribution in [3.63, 3.8) is 0 Å². The second-order valence-corrected chi connectivity index (χ2v) is 6.60. The molecule has 0 fully saturated rings. The first-order valence-electron chi connectivity index (χ1n) is 8.83. The molecule has 2 heterocycles. The summed E-state index contributed by atoms with van der Waals surface area (Å²) < 4.78 is 56.9. The van der Waals surface area contributed by atoms with Crippen molar-refractivity contribution >= 4 is 11.8 Å². The van der Waals surface area contributed by atoms with E-state index in [4.69, 9.17) is 0 Å². The smallest absolute Gasteiger partial charge is 0.343 e. The summed E-state index contributed by atoms with van der Waals surface area (Å²) in [5.41, 5.74) is 0.291. The lowest BCUT2D eigenvalue weighted by Gasteiger charge is -2.27. The molecule has 12 heteroatoms. The molecule has 2 amide bonds. The second kappa shape index (κ2) is 8.67. The summed E-state index contributed by atoms with van der Waals surface area (Å²) in [5, 5.41) is 3.51. The van der Waals surface area contributed by atoms with Gasteiger partial charge in [0.25, 0.3) is 11.8 Å². The average Bonchev–Trinajstić information content (AvgIpc) is 2.67. The molecule has 0 aliphatic heterocycles. The van der Waals surface area contributed by atoms with Gasteiger partial charge in [0.05, 0.1) is 23.5 Å². The summed E-state index contributed by atoms with van der Waals surface area (Å²) >= 11 is 0. The molecule has 0 aromatic carbocycles. The van der Waals surface area contributed by atoms with E-state index < -0.39 is 35.7 Å². The fourth-order valence-corrected chi connectivity index (χ4v) is 2.44. The third-order valence-corrected chi connectivity index (χ3v) is 4.14. The predicted molar refractivity (Wildman–Crippen MR) is 96.5 cm³/mol. The zero-order chi connectivity index (χ0) is 22.7. The number of carbonyl (C=O) groups is 2. The molecule has 2 atom stereocenters. The molecule has 8 nitrogen and oxygen atoms in total. The highest BCUT2D eigenvalue weighted by Gasteiger charge is 2.67. The van der Waals surface area contributed by atoms with E-state index >= 15 is 0 Å². The molecule has 2 aromatic rings. The molecule has 0 radical (unpaired) electrons. The maximum atomic E-state index is 14.2. The van der Waals surface area contributed by atoms with Crippen molar-refractivity contribution in [2.45, 2.75) is 51.6 Å². The zero-order valence-electron chi connectivity index (χ0n) is 16.6. The molecule has 0 spiro atoms. The molecule has 2 unspecified atom stereocenters. The van der Waals surface area contributed by atoms with E-state index in [-0.39, 0.29) is 11.4 Å². The number of halogens is 4. The predicted octanol–water partition coefficient (Wildman–Crippen LogP) is 2.21. The minimum atomic E-state index is -5.31. The maximum absolute atomic E-state index is 14.2. The van der Waals surface area contributed by atoms with Crippen LogP contribution in [0.3, 0.4) is 0 Å². The van der Waals surface area contributed by atoms with Crippen LogP contribution in [0, 0.1) is 13.8 Å². The molecule has 0 saturated heterocycles. The van der Waals surface area contributed by atoms with Gasteiger partial charge in [0, 0.05) is 12.4 Å². The number of hydrogen-bond donors (Lipinski definition) is 2. The molecule has 0 aliphatic carbocycles. The minimum absolute atomic E-state index is 0.146. The summed E-state index contributed by atoms with van der Waals surface area (Å²) in [6.45, 7) is 5.64. The first kappa shape index (κ1) is 23.1. The number of aromatic nitrogens is 4. The lowest BCUT2D eigenvalue weighted by atomic mass is 10.1. The Kier molecular flexibility index (Phi) is 6.68. The monoisotopic (exact) mass is 428 g/mol. The average molecular weight is 428 g/mol. The third-order valence-electron chi connectivity index (χ3n) is 4.14. The molecule has 0 bridgehead atoms. The molecular formula is C18H20F4N6O2. The number of aryl methyl sites for hydroxylation is 2. The van der Waals surface area contributed by atoms with Crippen molar-refractivity contribution in [3.8, 4) is 0 Å². The van der Waals surface area contributed by atoms with Gasteiger partial charge in [-0.3, -0.25) is 9.59 Å². The van der Waals surface area contributed by atoms with E-state index in [1.54, 1.807) is 10.6 Å². The molecule has 2 N–H and O–H groups in total. The Morgan fingerprint density at radius 1 is 0.800 bits per heavy atom. The number of alkyl halides is 4. The first-order valence-corrected chi connectivity index (χ1v) is 8.83. The van der Waals surface area contributed by atoms with Crippen LogP contribution >= 0.6 is 0 Å². The molecular weight excluding hydrogens is 408 g/mol. The molecule has 0 aliphatic rings. The van der Waals surface area contributed by atoms with Crippen LogP contribution in [0.1, 0.15) is 49.0 Å². The molecule has 0 saturated carbocycles. The van der Waals surface area contributed by atoms with Gasteiger partial charge in [-0.1, -0.05) is 0 Å². The van der Waals surface area contributed by atoms with Crippen LogP contribution in [0.2, 0.25) is 0 Å². The first-order chi connectivity index (χ1) is 13.9. The van der Waals surface area contributed by atoms with Crippen molar-refractivity contribution < 1.29 is 27.2 Å². The van der Waals surface area contributed by atoms with Gasteiger partial charge in [-0.2, -0.15) is 17.6 Å². The number of hydrogen-bond acceptors (Lipinski definition) is 6. The Labute approximate surface area is 169 Å². The summed E-state index contributed by atoms with van der Waals surface area (Å²) in [6.07, 6.45) is 2.66. The van der Waals surface area contributed by atoms with Gasteiger partial charge in [-0.15, -0.1) is 0 Å². The molecule has 2 aromatic heterocycles. The van der Waals surface area contributed by atoms with Gasteiger partial charge in [-0.05, 0) is 39.8 Å². The van der Waals surface area contributed by atoms with Gasteiger partial charge in [0.15, 0.2) is 0 Å². The highest BCUT2D eigenvalue weighted by molar-refractivity contribution is 5.95. The van der Waals surface area contributed by atoms with Crippen LogP contribution < -0.4 is 10.6 Å². The quantitative estimate of drug-likeness (QED) is 0.655. The van der Waals surface area contributed by atoms with Crippen molar-refractivity contribution in [2.24, 2.45) is 0 Å². The Hall–Kier alpha value is -3.18. The number of rotatable bonds is 7. The third kappa shape index (κ3) is 4.86. The minimum Gasteiger partial charge on any atom is -0.343 e. The summed E-state index contributed by atoms with van der Waals surface area (Å²) in [4.78, 5) is 39.3. The van der Waals surface area contributed by atoms with E-state index in [1.807, 2.05) is 0 Å². The van der Waals surface area contributed by atoms with E-state index in [1.165, 1.54) is 52.2 Å². The Morgan fingerprint density at radius 3 is 1.43 bits per heavy atom. The van der Waals surface area contributed by atoms with Crippen molar-refractivity contribution in [1.82, 2.24) is 30.6 Å².